The zero-order valence-corrected chi connectivity index (χ0v) is 13.3. The van der Waals surface area contributed by atoms with Crippen LogP contribution in [-0.2, 0) is 9.84 Å². The fourth-order valence-corrected chi connectivity index (χ4v) is 4.48. The average Bonchev–Trinajstić information content (AvgIpc) is 2.72. The lowest BCUT2D eigenvalue weighted by molar-refractivity contribution is 0.0926. The molecule has 0 amide bonds. The van der Waals surface area contributed by atoms with Crippen LogP contribution < -0.4 is 0 Å². The molecule has 0 radical (unpaired) electrons. The molecule has 0 bridgehead atoms. The molecule has 0 aromatic heterocycles. The van der Waals surface area contributed by atoms with Gasteiger partial charge in [-0.2, -0.15) is 0 Å². The van der Waals surface area contributed by atoms with Gasteiger partial charge in [-0.25, -0.2) is 8.42 Å². The SMILES string of the molecule is CN(CC(=O)c1cc(Cl)ccc1Cl)C1CCS(=O)(=O)C1. The van der Waals surface area contributed by atoms with Crippen LogP contribution in [0.15, 0.2) is 18.2 Å². The van der Waals surface area contributed by atoms with E-state index in [1.807, 2.05) is 0 Å². The van der Waals surface area contributed by atoms with Crippen molar-refractivity contribution < 1.29 is 13.2 Å². The van der Waals surface area contributed by atoms with Crippen LogP contribution in [0.5, 0.6) is 0 Å². The van der Waals surface area contributed by atoms with Crippen molar-refractivity contribution in [3.8, 4) is 0 Å². The number of hydrogen-bond acceptors (Lipinski definition) is 4. The fourth-order valence-electron chi connectivity index (χ4n) is 2.27. The molecule has 1 heterocycles. The summed E-state index contributed by atoms with van der Waals surface area (Å²) < 4.78 is 22.9. The van der Waals surface area contributed by atoms with Crippen LogP contribution in [0.1, 0.15) is 16.8 Å². The molecule has 7 heteroatoms. The number of carbonyl (C=O) groups excluding carboxylic acids is 1. The Balaban J connectivity index is 2.06. The minimum absolute atomic E-state index is 0.109. The van der Waals surface area contributed by atoms with E-state index in [1.165, 1.54) is 6.07 Å². The van der Waals surface area contributed by atoms with Crippen LogP contribution in [0.3, 0.4) is 0 Å². The number of carbonyl (C=O) groups is 1. The van der Waals surface area contributed by atoms with Crippen LogP contribution in [0.25, 0.3) is 0 Å². The van der Waals surface area contributed by atoms with Gasteiger partial charge in [-0.15, -0.1) is 0 Å². The van der Waals surface area contributed by atoms with E-state index in [0.29, 0.717) is 22.0 Å². The summed E-state index contributed by atoms with van der Waals surface area (Å²) in [6, 6.07) is 4.62. The highest BCUT2D eigenvalue weighted by Gasteiger charge is 2.31. The first-order valence-electron chi connectivity index (χ1n) is 6.17. The van der Waals surface area contributed by atoms with Gasteiger partial charge in [-0.05, 0) is 31.7 Å². The summed E-state index contributed by atoms with van der Waals surface area (Å²) in [4.78, 5) is 14.0. The van der Waals surface area contributed by atoms with E-state index in [9.17, 15) is 13.2 Å². The summed E-state index contributed by atoms with van der Waals surface area (Å²) in [6.07, 6.45) is 0.565. The predicted octanol–water partition coefficient (Wildman–Crippen LogP) is 2.30. The molecular weight excluding hydrogens is 321 g/mol. The van der Waals surface area contributed by atoms with Gasteiger partial charge in [0.05, 0.1) is 23.1 Å². The Morgan fingerprint density at radius 1 is 1.40 bits per heavy atom. The van der Waals surface area contributed by atoms with E-state index < -0.39 is 9.84 Å². The highest BCUT2D eigenvalue weighted by atomic mass is 35.5. The van der Waals surface area contributed by atoms with Gasteiger partial charge < -0.3 is 0 Å². The van der Waals surface area contributed by atoms with Gasteiger partial charge in [0.15, 0.2) is 15.6 Å². The van der Waals surface area contributed by atoms with Crippen molar-refractivity contribution in [2.45, 2.75) is 12.5 Å². The molecule has 1 saturated heterocycles. The number of ketones is 1. The third-order valence-corrected chi connectivity index (χ3v) is 5.77. The molecule has 1 aliphatic rings. The lowest BCUT2D eigenvalue weighted by Gasteiger charge is -2.22. The van der Waals surface area contributed by atoms with Gasteiger partial charge in [-0.3, -0.25) is 9.69 Å². The molecule has 0 saturated carbocycles. The molecule has 0 aliphatic carbocycles. The van der Waals surface area contributed by atoms with Gasteiger partial charge >= 0.3 is 0 Å². The van der Waals surface area contributed by atoms with Gasteiger partial charge in [0.2, 0.25) is 0 Å². The predicted molar refractivity (Wildman–Crippen MR) is 80.5 cm³/mol. The molecule has 1 atom stereocenters. The maximum absolute atomic E-state index is 12.2. The summed E-state index contributed by atoms with van der Waals surface area (Å²) in [5, 5.41) is 0.802. The largest absolute Gasteiger partial charge is 0.295 e. The molecule has 20 heavy (non-hydrogen) atoms. The van der Waals surface area contributed by atoms with Crippen LogP contribution >= 0.6 is 23.2 Å². The molecule has 2 rings (SSSR count). The Hall–Kier alpha value is -0.620. The van der Waals surface area contributed by atoms with E-state index in [0.717, 1.165) is 0 Å². The number of hydrogen-bond donors (Lipinski definition) is 0. The normalized spacial score (nSPS) is 21.3. The van der Waals surface area contributed by atoms with Crippen LogP contribution in [-0.4, -0.2) is 50.2 Å². The van der Waals surface area contributed by atoms with Crippen molar-refractivity contribution >= 4 is 38.8 Å². The summed E-state index contributed by atoms with van der Waals surface area (Å²) in [5.41, 5.74) is 0.367. The van der Waals surface area contributed by atoms with Gasteiger partial charge in [0, 0.05) is 16.6 Å². The summed E-state index contributed by atoms with van der Waals surface area (Å²) in [5.74, 6) is 0.137. The average molecular weight is 336 g/mol. The smallest absolute Gasteiger partial charge is 0.178 e. The molecule has 110 valence electrons. The summed E-state index contributed by atoms with van der Waals surface area (Å²) >= 11 is 11.8. The third-order valence-electron chi connectivity index (χ3n) is 3.45. The maximum atomic E-state index is 12.2. The highest BCUT2D eigenvalue weighted by molar-refractivity contribution is 7.91. The van der Waals surface area contributed by atoms with Crippen LogP contribution in [0.2, 0.25) is 10.0 Å². The number of benzene rings is 1. The monoisotopic (exact) mass is 335 g/mol. The van der Waals surface area contributed by atoms with Crippen molar-refractivity contribution in [3.05, 3.63) is 33.8 Å². The summed E-state index contributed by atoms with van der Waals surface area (Å²) in [6.45, 7) is 0.125. The maximum Gasteiger partial charge on any atom is 0.178 e. The molecular formula is C13H15Cl2NO3S. The standard InChI is InChI=1S/C13H15Cl2NO3S/c1-16(10-4-5-20(18,19)8-10)7-13(17)11-6-9(14)2-3-12(11)15/h2-3,6,10H,4-5,7-8H2,1H3. The van der Waals surface area contributed by atoms with Crippen molar-refractivity contribution in [2.75, 3.05) is 25.1 Å². The highest BCUT2D eigenvalue weighted by Crippen LogP contribution is 2.22. The zero-order chi connectivity index (χ0) is 14.9. The first kappa shape index (κ1) is 15.8. The third kappa shape index (κ3) is 3.73. The first-order valence-corrected chi connectivity index (χ1v) is 8.75. The Morgan fingerprint density at radius 3 is 2.70 bits per heavy atom. The molecule has 1 unspecified atom stereocenters. The minimum Gasteiger partial charge on any atom is -0.295 e. The van der Waals surface area contributed by atoms with E-state index in [1.54, 1.807) is 24.1 Å². The minimum atomic E-state index is -2.96. The number of halogens is 2. The van der Waals surface area contributed by atoms with Crippen LogP contribution in [0, 0.1) is 0 Å². The number of likely N-dealkylation sites (N-methyl/N-ethyl adjacent to an activating group) is 1. The lowest BCUT2D eigenvalue weighted by atomic mass is 10.1. The lowest BCUT2D eigenvalue weighted by Crippen LogP contribution is -2.36. The molecule has 1 aromatic rings. The zero-order valence-electron chi connectivity index (χ0n) is 11.0. The van der Waals surface area contributed by atoms with Gasteiger partial charge in [-0.1, -0.05) is 23.2 Å². The number of Topliss-reactive ketones (excluding diaryl/α,β-unsaturated/α-hetero) is 1. The van der Waals surface area contributed by atoms with Crippen molar-refractivity contribution in [1.29, 1.82) is 0 Å². The van der Waals surface area contributed by atoms with Crippen molar-refractivity contribution in [2.24, 2.45) is 0 Å². The topological polar surface area (TPSA) is 54.5 Å². The Kier molecular flexibility index (Phi) is 4.74. The van der Waals surface area contributed by atoms with Crippen LogP contribution in [0.4, 0.5) is 0 Å². The van der Waals surface area contributed by atoms with Gasteiger partial charge in [0.25, 0.3) is 0 Å². The molecule has 1 aromatic carbocycles. The summed E-state index contributed by atoms with van der Waals surface area (Å²) in [7, 11) is -1.20. The number of rotatable bonds is 4. The second-order valence-corrected chi connectivity index (χ2v) is 8.09. The molecule has 1 aliphatic heterocycles. The van der Waals surface area contributed by atoms with E-state index in [-0.39, 0.29) is 29.9 Å². The Bertz CT molecular complexity index is 631. The van der Waals surface area contributed by atoms with E-state index in [2.05, 4.69) is 0 Å². The quantitative estimate of drug-likeness (QED) is 0.792. The van der Waals surface area contributed by atoms with E-state index in [4.69, 9.17) is 23.2 Å². The fraction of sp³-hybridized carbons (Fsp3) is 0.462. The second kappa shape index (κ2) is 6.02. The Morgan fingerprint density at radius 2 is 2.10 bits per heavy atom. The number of nitrogens with zero attached hydrogens (tertiary/aromatic N) is 1. The molecule has 1 fully saturated rings. The second-order valence-electron chi connectivity index (χ2n) is 5.02. The van der Waals surface area contributed by atoms with Crippen molar-refractivity contribution in [3.63, 3.8) is 0 Å². The van der Waals surface area contributed by atoms with Gasteiger partial charge in [0.1, 0.15) is 0 Å². The Labute approximate surface area is 128 Å². The molecule has 0 N–H and O–H groups in total. The molecule has 0 spiro atoms. The number of sulfone groups is 1. The van der Waals surface area contributed by atoms with Crippen molar-refractivity contribution in [1.82, 2.24) is 4.90 Å². The molecule has 4 nitrogen and oxygen atoms in total. The van der Waals surface area contributed by atoms with E-state index >= 15 is 0 Å². The first-order chi connectivity index (χ1) is 9.28.